The Bertz CT molecular complexity index is 776. The van der Waals surface area contributed by atoms with Gasteiger partial charge in [0.15, 0.2) is 11.7 Å². The van der Waals surface area contributed by atoms with Crippen molar-refractivity contribution >= 4 is 58.8 Å². The molecule has 2 N–H and O–H groups in total. The highest BCUT2D eigenvalue weighted by atomic mass is 127. The summed E-state index contributed by atoms with van der Waals surface area (Å²) in [6, 6.07) is 6.98. The highest BCUT2D eigenvalue weighted by Crippen LogP contribution is 2.27. The lowest BCUT2D eigenvalue weighted by Gasteiger charge is -2.36. The lowest BCUT2D eigenvalue weighted by Crippen LogP contribution is -2.53. The largest absolute Gasteiger partial charge is 0.459 e. The molecule has 2 aromatic heterocycles. The number of piperazine rings is 1. The summed E-state index contributed by atoms with van der Waals surface area (Å²) in [6.07, 6.45) is 0.823. The van der Waals surface area contributed by atoms with Gasteiger partial charge in [-0.2, -0.15) is 0 Å². The number of thiophene rings is 1. The van der Waals surface area contributed by atoms with Crippen molar-refractivity contribution in [2.45, 2.75) is 13.0 Å². The zero-order valence-corrected chi connectivity index (χ0v) is 19.4. The molecule has 0 bridgehead atoms. The van der Waals surface area contributed by atoms with Gasteiger partial charge in [-0.1, -0.05) is 11.6 Å². The van der Waals surface area contributed by atoms with Gasteiger partial charge in [-0.05, 0) is 31.2 Å². The summed E-state index contributed by atoms with van der Waals surface area (Å²) >= 11 is 7.28. The monoisotopic (exact) mass is 538 g/mol. The molecule has 1 saturated heterocycles. The number of amides is 1. The van der Waals surface area contributed by atoms with Crippen molar-refractivity contribution in [1.82, 2.24) is 15.1 Å². The molecular formula is C18H24ClIN4O3S. The van der Waals surface area contributed by atoms with Gasteiger partial charge in [-0.25, -0.2) is 0 Å². The third-order valence-electron chi connectivity index (χ3n) is 4.27. The SMILES string of the molecule is CCNC(=NCC(O)c1ccc(Cl)s1)N1CCN(C(=O)c2ccco2)CC1.I. The Morgan fingerprint density at radius 3 is 2.61 bits per heavy atom. The standard InChI is InChI=1S/C18H23ClN4O3S.HI/c1-2-20-18(21-12-13(24)15-5-6-16(19)27-15)23-9-7-22(8-10-23)17(25)14-4-3-11-26-14;/h3-6,11,13,24H,2,7-10,12H2,1H3,(H,20,21);1H. The molecule has 0 aromatic carbocycles. The molecule has 0 saturated carbocycles. The Labute approximate surface area is 190 Å². The number of nitrogens with zero attached hydrogens (tertiary/aromatic N) is 3. The molecule has 0 spiro atoms. The van der Waals surface area contributed by atoms with Gasteiger partial charge < -0.3 is 24.6 Å². The second-order valence-corrected chi connectivity index (χ2v) is 7.86. The molecule has 0 aliphatic carbocycles. The van der Waals surface area contributed by atoms with E-state index >= 15 is 0 Å². The number of furan rings is 1. The van der Waals surface area contributed by atoms with E-state index in [9.17, 15) is 9.90 Å². The first-order valence-corrected chi connectivity index (χ1v) is 10.1. The molecule has 7 nitrogen and oxygen atoms in total. The minimum Gasteiger partial charge on any atom is -0.459 e. The zero-order valence-electron chi connectivity index (χ0n) is 15.5. The van der Waals surface area contributed by atoms with Crippen LogP contribution in [0.15, 0.2) is 39.9 Å². The molecule has 3 heterocycles. The lowest BCUT2D eigenvalue weighted by atomic mass is 10.3. The highest BCUT2D eigenvalue weighted by molar-refractivity contribution is 14.0. The van der Waals surface area contributed by atoms with Crippen LogP contribution >= 0.6 is 46.9 Å². The van der Waals surface area contributed by atoms with Crippen molar-refractivity contribution in [3.63, 3.8) is 0 Å². The average molecular weight is 539 g/mol. The first-order chi connectivity index (χ1) is 13.1. The Hall–Kier alpha value is -1.30. The molecular weight excluding hydrogens is 515 g/mol. The van der Waals surface area contributed by atoms with E-state index in [1.165, 1.54) is 17.6 Å². The van der Waals surface area contributed by atoms with E-state index in [1.54, 1.807) is 23.1 Å². The van der Waals surface area contributed by atoms with Gasteiger partial charge in [-0.15, -0.1) is 35.3 Å². The lowest BCUT2D eigenvalue weighted by molar-refractivity contribution is 0.0657. The van der Waals surface area contributed by atoms with Crippen LogP contribution in [-0.2, 0) is 0 Å². The molecule has 1 fully saturated rings. The average Bonchev–Trinajstić information content (AvgIpc) is 3.36. The van der Waals surface area contributed by atoms with Crippen molar-refractivity contribution < 1.29 is 14.3 Å². The summed E-state index contributed by atoms with van der Waals surface area (Å²) < 4.78 is 5.84. The Kier molecular flexibility index (Phi) is 9.06. The van der Waals surface area contributed by atoms with Crippen LogP contribution in [0, 0.1) is 0 Å². The fourth-order valence-electron chi connectivity index (χ4n) is 2.87. The topological polar surface area (TPSA) is 81.3 Å². The van der Waals surface area contributed by atoms with E-state index in [2.05, 4.69) is 15.2 Å². The van der Waals surface area contributed by atoms with Crippen molar-refractivity contribution in [2.75, 3.05) is 39.3 Å². The van der Waals surface area contributed by atoms with Crippen molar-refractivity contribution in [3.05, 3.63) is 45.5 Å². The molecule has 1 unspecified atom stereocenters. The van der Waals surface area contributed by atoms with E-state index in [0.29, 0.717) is 36.3 Å². The minimum absolute atomic E-state index is 0. The quantitative estimate of drug-likeness (QED) is 0.347. The van der Waals surface area contributed by atoms with Gasteiger partial charge >= 0.3 is 0 Å². The summed E-state index contributed by atoms with van der Waals surface area (Å²) in [7, 11) is 0. The summed E-state index contributed by atoms with van der Waals surface area (Å²) in [5, 5.41) is 13.6. The summed E-state index contributed by atoms with van der Waals surface area (Å²) in [5.41, 5.74) is 0. The first kappa shape index (κ1) is 23.0. The van der Waals surface area contributed by atoms with Gasteiger partial charge in [0.25, 0.3) is 5.91 Å². The normalized spacial score (nSPS) is 15.9. The maximum Gasteiger partial charge on any atom is 0.289 e. The minimum atomic E-state index is -0.682. The number of aliphatic imine (C=N–C) groups is 1. The van der Waals surface area contributed by atoms with Crippen LogP contribution < -0.4 is 5.32 Å². The number of aliphatic hydroxyl groups is 1. The first-order valence-electron chi connectivity index (χ1n) is 8.87. The second kappa shape index (κ2) is 11.0. The number of nitrogens with one attached hydrogen (secondary N) is 1. The molecule has 2 aromatic rings. The third kappa shape index (κ3) is 5.85. The van der Waals surface area contributed by atoms with Crippen LogP contribution in [0.2, 0.25) is 4.34 Å². The maximum absolute atomic E-state index is 12.4. The number of halogens is 2. The van der Waals surface area contributed by atoms with E-state index < -0.39 is 6.10 Å². The maximum atomic E-state index is 12.4. The van der Waals surface area contributed by atoms with E-state index in [0.717, 1.165) is 17.4 Å². The predicted molar refractivity (Wildman–Crippen MR) is 122 cm³/mol. The van der Waals surface area contributed by atoms with Crippen LogP contribution in [0.1, 0.15) is 28.5 Å². The van der Waals surface area contributed by atoms with Gasteiger partial charge in [0.2, 0.25) is 0 Å². The van der Waals surface area contributed by atoms with Crippen LogP contribution in [0.25, 0.3) is 0 Å². The van der Waals surface area contributed by atoms with Crippen LogP contribution in [0.4, 0.5) is 0 Å². The summed E-state index contributed by atoms with van der Waals surface area (Å²) in [4.78, 5) is 21.6. The molecule has 154 valence electrons. The number of carbonyl (C=O) groups excluding carboxylic acids is 1. The molecule has 1 atom stereocenters. The molecule has 0 radical (unpaired) electrons. The van der Waals surface area contributed by atoms with Crippen LogP contribution in [-0.4, -0.2) is 66.0 Å². The number of carbonyl (C=O) groups is 1. The van der Waals surface area contributed by atoms with E-state index in [-0.39, 0.29) is 36.4 Å². The smallest absolute Gasteiger partial charge is 0.289 e. The van der Waals surface area contributed by atoms with Gasteiger partial charge in [0, 0.05) is 37.6 Å². The number of guanidine groups is 1. The molecule has 1 aliphatic heterocycles. The summed E-state index contributed by atoms with van der Waals surface area (Å²) in [6.45, 7) is 5.50. The molecule has 1 amide bonds. The van der Waals surface area contributed by atoms with Crippen LogP contribution in [0.3, 0.4) is 0 Å². The Morgan fingerprint density at radius 2 is 2.04 bits per heavy atom. The van der Waals surface area contributed by atoms with Crippen molar-refractivity contribution in [2.24, 2.45) is 4.99 Å². The van der Waals surface area contributed by atoms with Crippen molar-refractivity contribution in [1.29, 1.82) is 0 Å². The van der Waals surface area contributed by atoms with Gasteiger partial charge in [0.1, 0.15) is 6.10 Å². The molecule has 10 heteroatoms. The molecule has 3 rings (SSSR count). The number of hydrogen-bond donors (Lipinski definition) is 2. The van der Waals surface area contributed by atoms with E-state index in [4.69, 9.17) is 16.0 Å². The van der Waals surface area contributed by atoms with Crippen LogP contribution in [0.5, 0.6) is 0 Å². The number of rotatable bonds is 5. The van der Waals surface area contributed by atoms with Gasteiger partial charge in [-0.3, -0.25) is 9.79 Å². The number of aliphatic hydroxyl groups excluding tert-OH is 1. The third-order valence-corrected chi connectivity index (χ3v) is 5.60. The zero-order chi connectivity index (χ0) is 19.2. The van der Waals surface area contributed by atoms with Gasteiger partial charge in [0.05, 0.1) is 17.1 Å². The fraction of sp³-hybridized carbons (Fsp3) is 0.444. The Balaban J connectivity index is 0.00000280. The predicted octanol–water partition coefficient (Wildman–Crippen LogP) is 3.07. The molecule has 1 aliphatic rings. The highest BCUT2D eigenvalue weighted by Gasteiger charge is 2.25. The summed E-state index contributed by atoms with van der Waals surface area (Å²) in [5.74, 6) is 1.01. The van der Waals surface area contributed by atoms with E-state index in [1.807, 2.05) is 13.0 Å². The molecule has 28 heavy (non-hydrogen) atoms. The van der Waals surface area contributed by atoms with Crippen molar-refractivity contribution in [3.8, 4) is 0 Å². The number of hydrogen-bond acceptors (Lipinski definition) is 5. The fourth-order valence-corrected chi connectivity index (χ4v) is 3.91. The second-order valence-electron chi connectivity index (χ2n) is 6.11. The Morgan fingerprint density at radius 1 is 1.32 bits per heavy atom.